The molecule has 0 saturated carbocycles. The van der Waals surface area contributed by atoms with Gasteiger partial charge in [-0.15, -0.1) is 0 Å². The number of methoxy groups -OCH3 is 2. The Labute approximate surface area is 149 Å². The first-order valence-corrected chi connectivity index (χ1v) is 8.87. The first-order chi connectivity index (χ1) is 11.9. The minimum absolute atomic E-state index is 0.103. The molecule has 1 atom stereocenters. The number of esters is 2. The summed E-state index contributed by atoms with van der Waals surface area (Å²) < 4.78 is 22.7. The highest BCUT2D eigenvalue weighted by atomic mass is 32.2. The summed E-state index contributed by atoms with van der Waals surface area (Å²) in [6.45, 7) is 3.74. The van der Waals surface area contributed by atoms with Gasteiger partial charge in [0.1, 0.15) is 0 Å². The minimum atomic E-state index is -1.49. The molecule has 0 aliphatic carbocycles. The van der Waals surface area contributed by atoms with Crippen molar-refractivity contribution in [2.24, 2.45) is 0 Å². The van der Waals surface area contributed by atoms with Crippen molar-refractivity contribution >= 4 is 22.7 Å². The van der Waals surface area contributed by atoms with Crippen molar-refractivity contribution < 1.29 is 23.3 Å². The molecule has 0 N–H and O–H groups in total. The number of ether oxygens (including phenoxy) is 2. The first kappa shape index (κ1) is 18.9. The lowest BCUT2D eigenvalue weighted by Crippen LogP contribution is -2.17. The summed E-state index contributed by atoms with van der Waals surface area (Å²) in [5.41, 5.74) is 0.731. The molecule has 2 aromatic rings. The lowest BCUT2D eigenvalue weighted by Gasteiger charge is -2.19. The van der Waals surface area contributed by atoms with E-state index in [0.717, 1.165) is 0 Å². The van der Waals surface area contributed by atoms with Gasteiger partial charge in [-0.3, -0.25) is 0 Å². The van der Waals surface area contributed by atoms with Crippen LogP contribution < -0.4 is 0 Å². The quantitative estimate of drug-likeness (QED) is 0.763. The van der Waals surface area contributed by atoms with Crippen LogP contribution in [-0.4, -0.2) is 30.4 Å². The Hall–Kier alpha value is -2.47. The lowest BCUT2D eigenvalue weighted by atomic mass is 9.93. The standard InChI is InChI=1S/C19H20O5S/c1-12(2)16-15(25(22)13-8-6-5-7-9-13)11-10-14(18(20)23-3)17(16)19(21)24-4/h5-12H,1-4H3. The number of hydrogen-bond acceptors (Lipinski definition) is 5. The van der Waals surface area contributed by atoms with Crippen LogP contribution in [0, 0.1) is 0 Å². The molecule has 0 heterocycles. The summed E-state index contributed by atoms with van der Waals surface area (Å²) in [5, 5.41) is 0. The Morgan fingerprint density at radius 3 is 2.04 bits per heavy atom. The molecule has 25 heavy (non-hydrogen) atoms. The normalized spacial score (nSPS) is 11.9. The van der Waals surface area contributed by atoms with Crippen LogP contribution in [0.5, 0.6) is 0 Å². The molecule has 5 nitrogen and oxygen atoms in total. The Kier molecular flexibility index (Phi) is 6.09. The molecular weight excluding hydrogens is 340 g/mol. The zero-order valence-electron chi connectivity index (χ0n) is 14.6. The van der Waals surface area contributed by atoms with Crippen LogP contribution in [0.1, 0.15) is 46.0 Å². The van der Waals surface area contributed by atoms with Crippen LogP contribution in [-0.2, 0) is 20.3 Å². The molecule has 0 saturated heterocycles. The number of carbonyl (C=O) groups excluding carboxylic acids is 2. The highest BCUT2D eigenvalue weighted by Crippen LogP contribution is 2.32. The fourth-order valence-corrected chi connectivity index (χ4v) is 4.00. The van der Waals surface area contributed by atoms with Crippen molar-refractivity contribution in [2.45, 2.75) is 29.6 Å². The third-order valence-corrected chi connectivity index (χ3v) is 5.19. The van der Waals surface area contributed by atoms with E-state index in [1.54, 1.807) is 30.3 Å². The van der Waals surface area contributed by atoms with Gasteiger partial charge < -0.3 is 9.47 Å². The van der Waals surface area contributed by atoms with Crippen molar-refractivity contribution in [3.8, 4) is 0 Å². The zero-order chi connectivity index (χ0) is 18.6. The maximum absolute atomic E-state index is 13.0. The van der Waals surface area contributed by atoms with Crippen LogP contribution in [0.2, 0.25) is 0 Å². The molecule has 0 aliphatic rings. The second-order valence-electron chi connectivity index (χ2n) is 5.62. The van der Waals surface area contributed by atoms with Gasteiger partial charge in [-0.1, -0.05) is 32.0 Å². The summed E-state index contributed by atoms with van der Waals surface area (Å²) in [4.78, 5) is 25.5. The summed E-state index contributed by atoms with van der Waals surface area (Å²) >= 11 is 0. The lowest BCUT2D eigenvalue weighted by molar-refractivity contribution is 0.0553. The van der Waals surface area contributed by atoms with Crippen molar-refractivity contribution in [2.75, 3.05) is 14.2 Å². The molecule has 0 spiro atoms. The third-order valence-electron chi connectivity index (χ3n) is 3.73. The summed E-state index contributed by atoms with van der Waals surface area (Å²) in [6, 6.07) is 12.0. The largest absolute Gasteiger partial charge is 0.465 e. The van der Waals surface area contributed by atoms with Crippen LogP contribution >= 0.6 is 0 Å². The summed E-state index contributed by atoms with van der Waals surface area (Å²) in [6.07, 6.45) is 0. The fraction of sp³-hybridized carbons (Fsp3) is 0.263. The van der Waals surface area contributed by atoms with E-state index in [-0.39, 0.29) is 17.0 Å². The second-order valence-corrected chi connectivity index (χ2v) is 7.07. The van der Waals surface area contributed by atoms with E-state index in [0.29, 0.717) is 15.4 Å². The maximum Gasteiger partial charge on any atom is 0.339 e. The molecule has 1 unspecified atom stereocenters. The van der Waals surface area contributed by atoms with Crippen LogP contribution in [0.4, 0.5) is 0 Å². The predicted molar refractivity (Wildman–Crippen MR) is 94.3 cm³/mol. The third kappa shape index (κ3) is 3.79. The smallest absolute Gasteiger partial charge is 0.339 e. The molecule has 2 rings (SSSR count). The van der Waals surface area contributed by atoms with E-state index in [4.69, 9.17) is 9.47 Å². The van der Waals surface area contributed by atoms with Crippen LogP contribution in [0.25, 0.3) is 0 Å². The number of benzene rings is 2. The Balaban J connectivity index is 2.76. The van der Waals surface area contributed by atoms with Gasteiger partial charge in [0.05, 0.1) is 36.1 Å². The summed E-state index contributed by atoms with van der Waals surface area (Å²) in [5.74, 6) is -1.45. The van der Waals surface area contributed by atoms with E-state index in [1.165, 1.54) is 20.3 Å². The molecule has 0 bridgehead atoms. The highest BCUT2D eigenvalue weighted by molar-refractivity contribution is 7.85. The van der Waals surface area contributed by atoms with Gasteiger partial charge in [-0.25, -0.2) is 13.8 Å². The van der Waals surface area contributed by atoms with Crippen molar-refractivity contribution in [1.29, 1.82) is 0 Å². The van der Waals surface area contributed by atoms with E-state index >= 15 is 0 Å². The molecule has 0 radical (unpaired) electrons. The van der Waals surface area contributed by atoms with Gasteiger partial charge in [-0.2, -0.15) is 0 Å². The fourth-order valence-electron chi connectivity index (χ4n) is 2.61. The average molecular weight is 360 g/mol. The monoisotopic (exact) mass is 360 g/mol. The van der Waals surface area contributed by atoms with Crippen molar-refractivity contribution in [3.63, 3.8) is 0 Å². The minimum Gasteiger partial charge on any atom is -0.465 e. The number of carbonyl (C=O) groups is 2. The number of rotatable bonds is 5. The molecule has 0 amide bonds. The van der Waals surface area contributed by atoms with E-state index in [1.807, 2.05) is 19.9 Å². The Morgan fingerprint density at radius 2 is 1.52 bits per heavy atom. The van der Waals surface area contributed by atoms with Gasteiger partial charge in [0.25, 0.3) is 0 Å². The van der Waals surface area contributed by atoms with Crippen molar-refractivity contribution in [1.82, 2.24) is 0 Å². The highest BCUT2D eigenvalue weighted by Gasteiger charge is 2.28. The first-order valence-electron chi connectivity index (χ1n) is 7.72. The van der Waals surface area contributed by atoms with Gasteiger partial charge in [-0.05, 0) is 35.7 Å². The van der Waals surface area contributed by atoms with Gasteiger partial charge in [0, 0.05) is 9.79 Å². The van der Waals surface area contributed by atoms with Gasteiger partial charge >= 0.3 is 11.9 Å². The van der Waals surface area contributed by atoms with E-state index in [2.05, 4.69) is 0 Å². The van der Waals surface area contributed by atoms with E-state index in [9.17, 15) is 13.8 Å². The molecule has 0 aliphatic heterocycles. The summed E-state index contributed by atoms with van der Waals surface area (Å²) in [7, 11) is 0.998. The molecular formula is C19H20O5S. The topological polar surface area (TPSA) is 69.7 Å². The van der Waals surface area contributed by atoms with Gasteiger partial charge in [0.15, 0.2) is 0 Å². The predicted octanol–water partition coefficient (Wildman–Crippen LogP) is 3.55. The Morgan fingerprint density at radius 1 is 0.920 bits per heavy atom. The number of hydrogen-bond donors (Lipinski definition) is 0. The second kappa shape index (κ2) is 8.07. The Bertz CT molecular complexity index is 812. The SMILES string of the molecule is COC(=O)c1ccc(S(=O)c2ccccc2)c(C(C)C)c1C(=O)OC. The van der Waals surface area contributed by atoms with E-state index < -0.39 is 22.7 Å². The van der Waals surface area contributed by atoms with Crippen LogP contribution in [0.3, 0.4) is 0 Å². The maximum atomic E-state index is 13.0. The van der Waals surface area contributed by atoms with Crippen LogP contribution in [0.15, 0.2) is 52.3 Å². The molecule has 0 aromatic heterocycles. The zero-order valence-corrected chi connectivity index (χ0v) is 15.4. The van der Waals surface area contributed by atoms with Gasteiger partial charge in [0.2, 0.25) is 0 Å². The van der Waals surface area contributed by atoms with Crippen molar-refractivity contribution in [3.05, 3.63) is 59.2 Å². The molecule has 2 aromatic carbocycles. The molecule has 132 valence electrons. The average Bonchev–Trinajstić information content (AvgIpc) is 2.65. The molecule has 0 fully saturated rings. The molecule has 6 heteroatoms.